The number of rotatable bonds is 7. The molecule has 3 rings (SSSR count). The first-order valence-corrected chi connectivity index (χ1v) is 8.95. The summed E-state index contributed by atoms with van der Waals surface area (Å²) in [7, 11) is 0. The van der Waals surface area contributed by atoms with Gasteiger partial charge in [-0.2, -0.15) is 11.8 Å². The Balaban J connectivity index is 1.61. The second-order valence-corrected chi connectivity index (χ2v) is 7.89. The van der Waals surface area contributed by atoms with Gasteiger partial charge in [0.2, 0.25) is 5.91 Å². The predicted molar refractivity (Wildman–Crippen MR) is 80.1 cm³/mol. The lowest BCUT2D eigenvalue weighted by molar-refractivity contribution is -0.124. The van der Waals surface area contributed by atoms with E-state index >= 15 is 0 Å². The highest BCUT2D eigenvalue weighted by Gasteiger charge is 2.51. The SMILES string of the molecule is NC(=O)C(CSC1CCCCC1)(NC1CC1)C1CC1. The molecule has 3 fully saturated rings. The summed E-state index contributed by atoms with van der Waals surface area (Å²) in [6, 6.07) is 0.556. The summed E-state index contributed by atoms with van der Waals surface area (Å²) in [5.41, 5.74) is 5.39. The van der Waals surface area contributed by atoms with Crippen molar-refractivity contribution < 1.29 is 4.79 Å². The lowest BCUT2D eigenvalue weighted by Gasteiger charge is -2.34. The van der Waals surface area contributed by atoms with E-state index in [2.05, 4.69) is 5.32 Å². The number of nitrogens with one attached hydrogen (secondary N) is 1. The van der Waals surface area contributed by atoms with Gasteiger partial charge in [0, 0.05) is 17.0 Å². The van der Waals surface area contributed by atoms with E-state index in [9.17, 15) is 4.79 Å². The average Bonchev–Trinajstić information content (AvgIpc) is 3.28. The van der Waals surface area contributed by atoms with Crippen LogP contribution < -0.4 is 11.1 Å². The van der Waals surface area contributed by atoms with Crippen LogP contribution in [0, 0.1) is 5.92 Å². The monoisotopic (exact) mass is 282 g/mol. The van der Waals surface area contributed by atoms with Crippen molar-refractivity contribution >= 4 is 17.7 Å². The minimum atomic E-state index is -0.400. The van der Waals surface area contributed by atoms with Crippen molar-refractivity contribution in [3.63, 3.8) is 0 Å². The molecule has 4 heteroatoms. The molecule has 0 aromatic heterocycles. The molecule has 0 aromatic rings. The topological polar surface area (TPSA) is 55.1 Å². The van der Waals surface area contributed by atoms with Crippen LogP contribution in [-0.4, -0.2) is 28.5 Å². The number of primary amides is 1. The number of carbonyl (C=O) groups excluding carboxylic acids is 1. The molecule has 0 bridgehead atoms. The molecule has 0 aliphatic heterocycles. The number of hydrogen-bond acceptors (Lipinski definition) is 3. The third-order valence-corrected chi connectivity index (χ3v) is 6.42. The maximum absolute atomic E-state index is 12.1. The van der Waals surface area contributed by atoms with E-state index in [4.69, 9.17) is 5.73 Å². The summed E-state index contributed by atoms with van der Waals surface area (Å²) in [6.45, 7) is 0. The molecule has 1 atom stereocenters. The second kappa shape index (κ2) is 5.65. The summed E-state index contributed by atoms with van der Waals surface area (Å²) in [5.74, 6) is 1.29. The third kappa shape index (κ3) is 3.27. The standard InChI is InChI=1S/C15H26N2OS/c16-14(18)15(11-6-7-11,17-12-8-9-12)10-19-13-4-2-1-3-5-13/h11-13,17H,1-10H2,(H2,16,18). The molecule has 1 amide bonds. The van der Waals surface area contributed by atoms with E-state index < -0.39 is 5.54 Å². The molecule has 3 aliphatic carbocycles. The zero-order chi connectivity index (χ0) is 13.3. The molecular weight excluding hydrogens is 256 g/mol. The smallest absolute Gasteiger partial charge is 0.238 e. The van der Waals surface area contributed by atoms with Gasteiger partial charge in [-0.1, -0.05) is 19.3 Å². The Morgan fingerprint density at radius 3 is 2.32 bits per heavy atom. The molecule has 19 heavy (non-hydrogen) atoms. The maximum atomic E-state index is 12.1. The molecule has 3 N–H and O–H groups in total. The highest BCUT2D eigenvalue weighted by atomic mass is 32.2. The predicted octanol–water partition coefficient (Wildman–Crippen LogP) is 2.44. The molecule has 108 valence electrons. The highest BCUT2D eigenvalue weighted by molar-refractivity contribution is 8.00. The fourth-order valence-corrected chi connectivity index (χ4v) is 4.90. The van der Waals surface area contributed by atoms with Crippen molar-refractivity contribution in [2.45, 2.75) is 74.6 Å². The van der Waals surface area contributed by atoms with Crippen LogP contribution in [0.2, 0.25) is 0 Å². The van der Waals surface area contributed by atoms with Crippen molar-refractivity contribution in [1.29, 1.82) is 0 Å². The van der Waals surface area contributed by atoms with Crippen LogP contribution in [0.25, 0.3) is 0 Å². The zero-order valence-electron chi connectivity index (χ0n) is 11.7. The fourth-order valence-electron chi connectivity index (χ4n) is 3.27. The number of hydrogen-bond donors (Lipinski definition) is 2. The Labute approximate surface area is 120 Å². The first kappa shape index (κ1) is 13.7. The van der Waals surface area contributed by atoms with Gasteiger partial charge in [-0.3, -0.25) is 10.1 Å². The minimum absolute atomic E-state index is 0.106. The Hall–Kier alpha value is -0.220. The van der Waals surface area contributed by atoms with E-state index in [0.717, 1.165) is 11.0 Å². The lowest BCUT2D eigenvalue weighted by atomic mass is 9.94. The van der Waals surface area contributed by atoms with Gasteiger partial charge in [-0.25, -0.2) is 0 Å². The molecule has 0 radical (unpaired) electrons. The Bertz CT molecular complexity index is 335. The molecule has 0 saturated heterocycles. The normalized spacial score (nSPS) is 28.0. The van der Waals surface area contributed by atoms with Crippen molar-refractivity contribution in [2.24, 2.45) is 11.7 Å². The van der Waals surface area contributed by atoms with Crippen LogP contribution in [0.15, 0.2) is 0 Å². The van der Waals surface area contributed by atoms with Gasteiger partial charge < -0.3 is 5.73 Å². The van der Waals surface area contributed by atoms with Gasteiger partial charge in [-0.05, 0) is 44.4 Å². The van der Waals surface area contributed by atoms with E-state index in [-0.39, 0.29) is 5.91 Å². The van der Waals surface area contributed by atoms with E-state index in [0.29, 0.717) is 12.0 Å². The Morgan fingerprint density at radius 1 is 1.11 bits per heavy atom. The molecule has 1 unspecified atom stereocenters. The highest BCUT2D eigenvalue weighted by Crippen LogP contribution is 2.44. The van der Waals surface area contributed by atoms with E-state index in [1.807, 2.05) is 11.8 Å². The van der Waals surface area contributed by atoms with Gasteiger partial charge in [0.25, 0.3) is 0 Å². The molecule has 0 spiro atoms. The maximum Gasteiger partial charge on any atom is 0.238 e. The molecule has 0 heterocycles. The van der Waals surface area contributed by atoms with Crippen LogP contribution in [0.5, 0.6) is 0 Å². The van der Waals surface area contributed by atoms with Gasteiger partial charge in [-0.15, -0.1) is 0 Å². The molecule has 3 nitrogen and oxygen atoms in total. The minimum Gasteiger partial charge on any atom is -0.368 e. The van der Waals surface area contributed by atoms with Gasteiger partial charge in [0.05, 0.1) is 0 Å². The summed E-state index contributed by atoms with van der Waals surface area (Å²) in [4.78, 5) is 12.1. The molecule has 3 saturated carbocycles. The number of carbonyl (C=O) groups is 1. The molecule has 3 aliphatic rings. The van der Waals surface area contributed by atoms with Crippen LogP contribution in [0.4, 0.5) is 0 Å². The zero-order valence-corrected chi connectivity index (χ0v) is 12.5. The third-order valence-electron chi connectivity index (χ3n) is 4.85. The van der Waals surface area contributed by atoms with E-state index in [1.54, 1.807) is 0 Å². The first-order valence-electron chi connectivity index (χ1n) is 7.90. The van der Waals surface area contributed by atoms with Crippen LogP contribution in [0.3, 0.4) is 0 Å². The fraction of sp³-hybridized carbons (Fsp3) is 0.933. The van der Waals surface area contributed by atoms with Gasteiger partial charge in [0.15, 0.2) is 0 Å². The number of nitrogens with two attached hydrogens (primary N) is 1. The van der Waals surface area contributed by atoms with Gasteiger partial charge >= 0.3 is 0 Å². The summed E-state index contributed by atoms with van der Waals surface area (Å²) >= 11 is 2.01. The van der Waals surface area contributed by atoms with Crippen LogP contribution in [-0.2, 0) is 4.79 Å². The summed E-state index contributed by atoms with van der Waals surface area (Å²) < 4.78 is 0. The van der Waals surface area contributed by atoms with Gasteiger partial charge in [0.1, 0.15) is 5.54 Å². The van der Waals surface area contributed by atoms with E-state index in [1.165, 1.54) is 57.8 Å². The Kier molecular flexibility index (Phi) is 4.08. The molecule has 0 aromatic carbocycles. The quantitative estimate of drug-likeness (QED) is 0.754. The van der Waals surface area contributed by atoms with Crippen molar-refractivity contribution in [3.05, 3.63) is 0 Å². The largest absolute Gasteiger partial charge is 0.368 e. The molecular formula is C15H26N2OS. The van der Waals surface area contributed by atoms with Crippen LogP contribution >= 0.6 is 11.8 Å². The Morgan fingerprint density at radius 2 is 1.79 bits per heavy atom. The van der Waals surface area contributed by atoms with Crippen molar-refractivity contribution in [1.82, 2.24) is 5.32 Å². The second-order valence-electron chi connectivity index (χ2n) is 6.60. The number of thioether (sulfide) groups is 1. The average molecular weight is 282 g/mol. The van der Waals surface area contributed by atoms with Crippen molar-refractivity contribution in [2.75, 3.05) is 5.75 Å². The lowest BCUT2D eigenvalue weighted by Crippen LogP contribution is -2.60. The van der Waals surface area contributed by atoms with Crippen LogP contribution in [0.1, 0.15) is 57.8 Å². The summed E-state index contributed by atoms with van der Waals surface area (Å²) in [6.07, 6.45) is 11.6. The van der Waals surface area contributed by atoms with Crippen molar-refractivity contribution in [3.8, 4) is 0 Å². The first-order chi connectivity index (χ1) is 9.21. The summed E-state index contributed by atoms with van der Waals surface area (Å²) in [5, 5.41) is 4.37. The number of amides is 1.